The lowest BCUT2D eigenvalue weighted by Gasteiger charge is -2.28. The first-order valence-corrected chi connectivity index (χ1v) is 13.2. The molecule has 0 aliphatic heterocycles. The SMILES string of the molecule is COc1cc(-c2ccc(CN[C@H]3C[C@@H](O)[C@@H](N(C)c4ncnc5sc(CC(F)(F)F)cc45)C3)cc2)cnc1F.Cl. The minimum Gasteiger partial charge on any atom is -0.492 e. The predicted molar refractivity (Wildman–Crippen MR) is 149 cm³/mol. The van der Waals surface area contributed by atoms with Gasteiger partial charge in [-0.05, 0) is 36.1 Å². The normalized spacial score (nSPS) is 19.0. The molecule has 3 aromatic heterocycles. The summed E-state index contributed by atoms with van der Waals surface area (Å²) in [5.74, 6) is -0.0618. The molecule has 3 heterocycles. The lowest BCUT2D eigenvalue weighted by molar-refractivity contribution is -0.126. The third-order valence-corrected chi connectivity index (χ3v) is 8.01. The number of fused-ring (bicyclic) bond motifs is 1. The van der Waals surface area contributed by atoms with Gasteiger partial charge in [0.25, 0.3) is 5.95 Å². The number of hydrogen-bond acceptors (Lipinski definition) is 8. The van der Waals surface area contributed by atoms with Crippen molar-refractivity contribution in [3.8, 4) is 16.9 Å². The van der Waals surface area contributed by atoms with Gasteiger partial charge in [-0.2, -0.15) is 17.6 Å². The average Bonchev–Trinajstić information content (AvgIpc) is 3.48. The lowest BCUT2D eigenvalue weighted by atomic mass is 10.1. The zero-order chi connectivity index (χ0) is 27.7. The molecule has 3 atom stereocenters. The van der Waals surface area contributed by atoms with Crippen molar-refractivity contribution in [2.75, 3.05) is 19.1 Å². The molecule has 0 radical (unpaired) electrons. The summed E-state index contributed by atoms with van der Waals surface area (Å²) < 4.78 is 57.3. The highest BCUT2D eigenvalue weighted by Gasteiger charge is 2.37. The zero-order valence-electron chi connectivity index (χ0n) is 21.7. The number of aliphatic hydroxyl groups excluding tert-OH is 1. The topological polar surface area (TPSA) is 83.4 Å². The molecule has 4 aromatic rings. The van der Waals surface area contributed by atoms with E-state index in [0.717, 1.165) is 28.0 Å². The molecule has 0 saturated heterocycles. The number of hydrogen-bond donors (Lipinski definition) is 2. The van der Waals surface area contributed by atoms with Crippen LogP contribution in [0.25, 0.3) is 21.3 Å². The fraction of sp³-hybridized carbons (Fsp3) is 0.370. The summed E-state index contributed by atoms with van der Waals surface area (Å²) >= 11 is 1.01. The molecule has 0 bridgehead atoms. The molecule has 7 nitrogen and oxygen atoms in total. The fourth-order valence-electron chi connectivity index (χ4n) is 5.00. The Morgan fingerprint density at radius 2 is 1.85 bits per heavy atom. The van der Waals surface area contributed by atoms with Gasteiger partial charge in [0.05, 0.1) is 31.1 Å². The Labute approximate surface area is 238 Å². The highest BCUT2D eigenvalue weighted by atomic mass is 35.5. The Morgan fingerprint density at radius 3 is 2.55 bits per heavy atom. The predicted octanol–water partition coefficient (Wildman–Crippen LogP) is 5.55. The summed E-state index contributed by atoms with van der Waals surface area (Å²) in [6, 6.07) is 10.7. The Morgan fingerprint density at radius 1 is 1.10 bits per heavy atom. The molecule has 5 rings (SSSR count). The van der Waals surface area contributed by atoms with Crippen LogP contribution in [-0.2, 0) is 13.0 Å². The maximum Gasteiger partial charge on any atom is 0.393 e. The van der Waals surface area contributed by atoms with E-state index in [1.165, 1.54) is 25.7 Å². The van der Waals surface area contributed by atoms with E-state index in [-0.39, 0.29) is 35.1 Å². The van der Waals surface area contributed by atoms with Gasteiger partial charge in [0.1, 0.15) is 17.0 Å². The third-order valence-electron chi connectivity index (χ3n) is 6.97. The van der Waals surface area contributed by atoms with Gasteiger partial charge in [-0.25, -0.2) is 15.0 Å². The highest BCUT2D eigenvalue weighted by Crippen LogP contribution is 2.36. The van der Waals surface area contributed by atoms with E-state index in [9.17, 15) is 22.7 Å². The molecule has 13 heteroatoms. The van der Waals surface area contributed by atoms with Crippen LogP contribution in [0.4, 0.5) is 23.4 Å². The van der Waals surface area contributed by atoms with E-state index in [4.69, 9.17) is 4.74 Å². The minimum absolute atomic E-state index is 0. The number of anilines is 1. The second-order valence-corrected chi connectivity index (χ2v) is 10.7. The number of nitrogens with zero attached hydrogens (tertiary/aromatic N) is 4. The summed E-state index contributed by atoms with van der Waals surface area (Å²) in [5, 5.41) is 14.9. The van der Waals surface area contributed by atoms with Crippen molar-refractivity contribution in [2.24, 2.45) is 0 Å². The number of benzene rings is 1. The number of aliphatic hydroxyl groups is 1. The molecule has 40 heavy (non-hydrogen) atoms. The number of ether oxygens (including phenoxy) is 1. The van der Waals surface area contributed by atoms with Crippen LogP contribution in [0.3, 0.4) is 0 Å². The standard InChI is InChI=1S/C27H27F4N5O2S.ClH/c1-36(25-20-10-19(11-27(29,30)31)39-26(20)35-14-34-25)21-8-18(9-22(21)37)32-12-15-3-5-16(6-4-15)17-7-23(38-2)24(28)33-13-17;/h3-7,10,13-14,18,21-22,32,37H,8-9,11-12H2,1-2H3;1H/t18-,21+,22-;/m1./s1. The maximum absolute atomic E-state index is 13.6. The van der Waals surface area contributed by atoms with Crippen LogP contribution in [0, 0.1) is 5.95 Å². The van der Waals surface area contributed by atoms with Gasteiger partial charge in [-0.15, -0.1) is 23.7 Å². The summed E-state index contributed by atoms with van der Waals surface area (Å²) in [6.07, 6.45) is -1.96. The molecular formula is C27H28ClF4N5O2S. The Kier molecular flexibility index (Phi) is 9.13. The first-order chi connectivity index (χ1) is 18.6. The summed E-state index contributed by atoms with van der Waals surface area (Å²) in [6.45, 7) is 0.585. The molecule has 1 saturated carbocycles. The highest BCUT2D eigenvalue weighted by molar-refractivity contribution is 7.18. The number of aromatic nitrogens is 3. The molecule has 0 amide bonds. The Bertz CT molecular complexity index is 1450. The van der Waals surface area contributed by atoms with Crippen LogP contribution in [0.5, 0.6) is 5.75 Å². The first-order valence-electron chi connectivity index (χ1n) is 12.3. The molecule has 1 aliphatic carbocycles. The number of rotatable bonds is 8. The number of nitrogens with one attached hydrogen (secondary N) is 1. The summed E-state index contributed by atoms with van der Waals surface area (Å²) in [4.78, 5) is 14.7. The molecule has 1 aromatic carbocycles. The van der Waals surface area contributed by atoms with Gasteiger partial charge in [-0.3, -0.25) is 0 Å². The number of thiophene rings is 1. The van der Waals surface area contributed by atoms with Gasteiger partial charge in [0, 0.05) is 36.3 Å². The van der Waals surface area contributed by atoms with Crippen molar-refractivity contribution in [1.29, 1.82) is 0 Å². The monoisotopic (exact) mass is 597 g/mol. The zero-order valence-corrected chi connectivity index (χ0v) is 23.3. The smallest absolute Gasteiger partial charge is 0.393 e. The number of alkyl halides is 3. The Balaban J connectivity index is 0.00000370. The number of likely N-dealkylation sites (N-methyl/N-ethyl adjacent to an activating group) is 1. The van der Waals surface area contributed by atoms with E-state index in [1.807, 2.05) is 29.2 Å². The number of halogens is 5. The summed E-state index contributed by atoms with van der Waals surface area (Å²) in [7, 11) is 3.20. The fourth-order valence-corrected chi connectivity index (χ4v) is 6.02. The minimum atomic E-state index is -4.30. The number of pyridine rings is 1. The van der Waals surface area contributed by atoms with Crippen LogP contribution >= 0.6 is 23.7 Å². The summed E-state index contributed by atoms with van der Waals surface area (Å²) in [5.41, 5.74) is 2.66. The van der Waals surface area contributed by atoms with Crippen LogP contribution in [0.2, 0.25) is 0 Å². The van der Waals surface area contributed by atoms with Gasteiger partial charge in [0.2, 0.25) is 0 Å². The van der Waals surface area contributed by atoms with Crippen LogP contribution in [0.1, 0.15) is 23.3 Å². The van der Waals surface area contributed by atoms with Crippen molar-refractivity contribution in [2.45, 2.75) is 50.2 Å². The second kappa shape index (κ2) is 12.2. The van der Waals surface area contributed by atoms with Crippen LogP contribution < -0.4 is 15.0 Å². The molecule has 0 unspecified atom stereocenters. The molecule has 1 aliphatic rings. The van der Waals surface area contributed by atoms with Crippen LogP contribution in [-0.4, -0.2) is 58.6 Å². The molecule has 0 spiro atoms. The van der Waals surface area contributed by atoms with E-state index in [0.29, 0.717) is 35.4 Å². The first kappa shape index (κ1) is 29.9. The number of methoxy groups -OCH3 is 1. The van der Waals surface area contributed by atoms with E-state index in [2.05, 4.69) is 20.3 Å². The van der Waals surface area contributed by atoms with Crippen molar-refractivity contribution in [1.82, 2.24) is 20.3 Å². The van der Waals surface area contributed by atoms with Gasteiger partial charge < -0.3 is 20.1 Å². The molecule has 214 valence electrons. The molecule has 2 N–H and O–H groups in total. The Hall–Kier alpha value is -3.06. The maximum atomic E-state index is 13.6. The second-order valence-electron chi connectivity index (χ2n) is 9.63. The quantitative estimate of drug-likeness (QED) is 0.204. The van der Waals surface area contributed by atoms with Crippen molar-refractivity contribution in [3.63, 3.8) is 0 Å². The van der Waals surface area contributed by atoms with E-state index < -0.39 is 24.6 Å². The van der Waals surface area contributed by atoms with Gasteiger partial charge >= 0.3 is 6.18 Å². The average molecular weight is 598 g/mol. The van der Waals surface area contributed by atoms with Crippen molar-refractivity contribution >= 4 is 39.8 Å². The largest absolute Gasteiger partial charge is 0.492 e. The lowest BCUT2D eigenvalue weighted by Crippen LogP contribution is -2.38. The van der Waals surface area contributed by atoms with E-state index >= 15 is 0 Å². The molecule has 1 fully saturated rings. The molecular weight excluding hydrogens is 570 g/mol. The third kappa shape index (κ3) is 6.63. The van der Waals surface area contributed by atoms with Crippen molar-refractivity contribution in [3.05, 3.63) is 65.3 Å². The van der Waals surface area contributed by atoms with Crippen molar-refractivity contribution < 1.29 is 27.4 Å². The van der Waals surface area contributed by atoms with Gasteiger partial charge in [-0.1, -0.05) is 24.3 Å². The van der Waals surface area contributed by atoms with E-state index in [1.54, 1.807) is 13.1 Å². The van der Waals surface area contributed by atoms with Crippen LogP contribution in [0.15, 0.2) is 48.9 Å². The van der Waals surface area contributed by atoms with Gasteiger partial charge in [0.15, 0.2) is 5.75 Å².